The average molecular weight is 342 g/mol. The first-order chi connectivity index (χ1) is 12.0. The maximum Gasteiger partial charge on any atom is 0.238 e. The minimum atomic E-state index is 0.0352. The largest absolute Gasteiger partial charge is 0.339 e. The van der Waals surface area contributed by atoms with Crippen LogP contribution in [0.5, 0.6) is 0 Å². The second-order valence-electron chi connectivity index (χ2n) is 7.06. The Balaban J connectivity index is 1.48. The van der Waals surface area contributed by atoms with Crippen LogP contribution in [0.15, 0.2) is 28.8 Å². The predicted octanol–water partition coefficient (Wildman–Crippen LogP) is 3.32. The number of hydrogen-bond acceptors (Lipinski definition) is 5. The normalized spacial score (nSPS) is 16.3. The molecule has 0 spiro atoms. The Bertz CT molecular complexity index is 718. The lowest BCUT2D eigenvalue weighted by molar-refractivity contribution is -0.117. The van der Waals surface area contributed by atoms with Crippen LogP contribution in [-0.2, 0) is 4.79 Å². The Labute approximate surface area is 148 Å². The molecule has 2 aromatic rings. The Morgan fingerprint density at radius 3 is 2.76 bits per heavy atom. The number of hydrogen-bond donors (Lipinski definition) is 1. The molecule has 1 aromatic heterocycles. The van der Waals surface area contributed by atoms with E-state index in [2.05, 4.69) is 40.3 Å². The molecule has 1 aromatic carbocycles. The molecular weight excluding hydrogens is 316 g/mol. The van der Waals surface area contributed by atoms with Crippen LogP contribution >= 0.6 is 0 Å². The van der Waals surface area contributed by atoms with Crippen molar-refractivity contribution < 1.29 is 9.32 Å². The van der Waals surface area contributed by atoms with Crippen LogP contribution in [0.25, 0.3) is 0 Å². The van der Waals surface area contributed by atoms with Gasteiger partial charge in [-0.1, -0.05) is 31.1 Å². The van der Waals surface area contributed by atoms with E-state index >= 15 is 0 Å². The molecule has 1 saturated heterocycles. The summed E-state index contributed by atoms with van der Waals surface area (Å²) in [4.78, 5) is 18.8. The molecule has 0 saturated carbocycles. The van der Waals surface area contributed by atoms with Crippen molar-refractivity contribution in [1.82, 2.24) is 15.0 Å². The van der Waals surface area contributed by atoms with Crippen LogP contribution in [0.2, 0.25) is 0 Å². The summed E-state index contributed by atoms with van der Waals surface area (Å²) in [5.74, 6) is 2.20. The van der Waals surface area contributed by atoms with Gasteiger partial charge in [-0.25, -0.2) is 0 Å². The monoisotopic (exact) mass is 342 g/mol. The van der Waals surface area contributed by atoms with Gasteiger partial charge in [0, 0.05) is 11.6 Å². The molecule has 0 aliphatic carbocycles. The van der Waals surface area contributed by atoms with E-state index in [9.17, 15) is 4.79 Å². The average Bonchev–Trinajstić information content (AvgIpc) is 3.02. The number of aryl methyl sites for hydroxylation is 1. The van der Waals surface area contributed by atoms with Gasteiger partial charge in [0.2, 0.25) is 11.8 Å². The molecular formula is C19H26N4O2. The fraction of sp³-hybridized carbons (Fsp3) is 0.526. The van der Waals surface area contributed by atoms with Crippen molar-refractivity contribution in [2.45, 2.75) is 45.4 Å². The van der Waals surface area contributed by atoms with Crippen molar-refractivity contribution in [1.29, 1.82) is 0 Å². The van der Waals surface area contributed by atoms with Crippen molar-refractivity contribution in [3.8, 4) is 0 Å². The van der Waals surface area contributed by atoms with Crippen molar-refractivity contribution in [2.24, 2.45) is 0 Å². The fourth-order valence-electron chi connectivity index (χ4n) is 3.20. The van der Waals surface area contributed by atoms with Gasteiger partial charge < -0.3 is 9.84 Å². The highest BCUT2D eigenvalue weighted by molar-refractivity contribution is 5.92. The van der Waals surface area contributed by atoms with E-state index in [0.717, 1.165) is 37.5 Å². The molecule has 0 radical (unpaired) electrons. The number of rotatable bonds is 5. The molecule has 1 amide bonds. The number of carbonyl (C=O) groups is 1. The summed E-state index contributed by atoms with van der Waals surface area (Å²) in [5.41, 5.74) is 2.10. The number of piperidine rings is 1. The quantitative estimate of drug-likeness (QED) is 0.902. The predicted molar refractivity (Wildman–Crippen MR) is 96.6 cm³/mol. The summed E-state index contributed by atoms with van der Waals surface area (Å²) in [6, 6.07) is 8.06. The summed E-state index contributed by atoms with van der Waals surface area (Å²) in [7, 11) is 0. The lowest BCUT2D eigenvalue weighted by Gasteiger charge is -2.29. The van der Waals surface area contributed by atoms with Crippen LogP contribution in [0.1, 0.15) is 55.8 Å². The zero-order valence-electron chi connectivity index (χ0n) is 15.2. The highest BCUT2D eigenvalue weighted by atomic mass is 16.5. The van der Waals surface area contributed by atoms with Crippen LogP contribution in [-0.4, -0.2) is 40.6 Å². The summed E-state index contributed by atoms with van der Waals surface area (Å²) in [6.07, 6.45) is 1.88. The Kier molecular flexibility index (Phi) is 5.48. The van der Waals surface area contributed by atoms with E-state index in [1.165, 1.54) is 5.56 Å². The minimum Gasteiger partial charge on any atom is -0.339 e. The molecule has 3 rings (SSSR count). The van der Waals surface area contributed by atoms with Gasteiger partial charge in [0.05, 0.1) is 6.54 Å². The number of nitrogens with zero attached hydrogens (tertiary/aromatic N) is 3. The number of likely N-dealkylation sites (tertiary alicyclic amines) is 1. The third kappa shape index (κ3) is 4.66. The summed E-state index contributed by atoms with van der Waals surface area (Å²) in [6.45, 7) is 8.28. The van der Waals surface area contributed by atoms with E-state index in [4.69, 9.17) is 4.52 Å². The Morgan fingerprint density at radius 1 is 1.36 bits per heavy atom. The summed E-state index contributed by atoms with van der Waals surface area (Å²) >= 11 is 0. The van der Waals surface area contributed by atoms with Crippen molar-refractivity contribution in [2.75, 3.05) is 25.0 Å². The first kappa shape index (κ1) is 17.6. The maximum atomic E-state index is 12.3. The molecule has 1 aliphatic heterocycles. The molecule has 6 nitrogen and oxygen atoms in total. The first-order valence-electron chi connectivity index (χ1n) is 8.93. The van der Waals surface area contributed by atoms with E-state index in [1.54, 1.807) is 0 Å². The maximum absolute atomic E-state index is 12.3. The Morgan fingerprint density at radius 2 is 2.12 bits per heavy atom. The van der Waals surface area contributed by atoms with Gasteiger partial charge in [0.15, 0.2) is 5.82 Å². The molecule has 6 heteroatoms. The SMILES string of the molecule is Cc1noc(C2CCN(CC(=O)Nc3cccc(C(C)C)c3)CC2)n1. The van der Waals surface area contributed by atoms with Crippen molar-refractivity contribution in [3.05, 3.63) is 41.5 Å². The van der Waals surface area contributed by atoms with Gasteiger partial charge in [0.25, 0.3) is 0 Å². The third-order valence-corrected chi connectivity index (χ3v) is 4.68. The smallest absolute Gasteiger partial charge is 0.238 e. The topological polar surface area (TPSA) is 71.3 Å². The molecule has 1 N–H and O–H groups in total. The van der Waals surface area contributed by atoms with Gasteiger partial charge in [0.1, 0.15) is 0 Å². The lowest BCUT2D eigenvalue weighted by atomic mass is 9.97. The van der Waals surface area contributed by atoms with Gasteiger partial charge in [-0.3, -0.25) is 9.69 Å². The van der Waals surface area contributed by atoms with E-state index < -0.39 is 0 Å². The number of amides is 1. The zero-order chi connectivity index (χ0) is 17.8. The number of carbonyl (C=O) groups excluding carboxylic acids is 1. The molecule has 0 unspecified atom stereocenters. The number of anilines is 1. The molecule has 25 heavy (non-hydrogen) atoms. The minimum absolute atomic E-state index is 0.0352. The molecule has 1 fully saturated rings. The highest BCUT2D eigenvalue weighted by Gasteiger charge is 2.25. The van der Waals surface area contributed by atoms with E-state index in [1.807, 2.05) is 25.1 Å². The summed E-state index contributed by atoms with van der Waals surface area (Å²) in [5, 5.41) is 6.87. The molecule has 0 bridgehead atoms. The zero-order valence-corrected chi connectivity index (χ0v) is 15.2. The van der Waals surface area contributed by atoms with E-state index in [-0.39, 0.29) is 5.91 Å². The lowest BCUT2D eigenvalue weighted by Crippen LogP contribution is -2.38. The standard InChI is InChI=1S/C19H26N4O2/c1-13(2)16-5-4-6-17(11-16)21-18(24)12-23-9-7-15(8-10-23)19-20-14(3)22-25-19/h4-6,11,13,15H,7-10,12H2,1-3H3,(H,21,24). The number of benzene rings is 1. The van der Waals surface area contributed by atoms with Gasteiger partial charge >= 0.3 is 0 Å². The van der Waals surface area contributed by atoms with Crippen molar-refractivity contribution in [3.63, 3.8) is 0 Å². The summed E-state index contributed by atoms with van der Waals surface area (Å²) < 4.78 is 5.27. The second-order valence-corrected chi connectivity index (χ2v) is 7.06. The molecule has 1 aliphatic rings. The van der Waals surface area contributed by atoms with Gasteiger partial charge in [-0.2, -0.15) is 4.98 Å². The molecule has 0 atom stereocenters. The fourth-order valence-corrected chi connectivity index (χ4v) is 3.20. The molecule has 2 heterocycles. The number of aromatic nitrogens is 2. The van der Waals surface area contributed by atoms with Crippen LogP contribution in [0.4, 0.5) is 5.69 Å². The third-order valence-electron chi connectivity index (χ3n) is 4.68. The second kappa shape index (κ2) is 7.78. The number of nitrogens with one attached hydrogen (secondary N) is 1. The first-order valence-corrected chi connectivity index (χ1v) is 8.93. The Hall–Kier alpha value is -2.21. The van der Waals surface area contributed by atoms with Gasteiger partial charge in [-0.15, -0.1) is 0 Å². The van der Waals surface area contributed by atoms with Gasteiger partial charge in [-0.05, 0) is 56.5 Å². The van der Waals surface area contributed by atoms with Crippen LogP contribution in [0, 0.1) is 6.92 Å². The van der Waals surface area contributed by atoms with Crippen molar-refractivity contribution >= 4 is 11.6 Å². The molecule has 134 valence electrons. The highest BCUT2D eigenvalue weighted by Crippen LogP contribution is 2.26. The van der Waals surface area contributed by atoms with Crippen LogP contribution in [0.3, 0.4) is 0 Å². The van der Waals surface area contributed by atoms with Crippen LogP contribution < -0.4 is 5.32 Å². The van der Waals surface area contributed by atoms with E-state index in [0.29, 0.717) is 24.2 Å².